The van der Waals surface area contributed by atoms with E-state index in [1.165, 1.54) is 19.2 Å². The summed E-state index contributed by atoms with van der Waals surface area (Å²) < 4.78 is 29.5. The van der Waals surface area contributed by atoms with Crippen molar-refractivity contribution < 1.29 is 23.4 Å². The first-order valence-electron chi connectivity index (χ1n) is 8.88. The Morgan fingerprint density at radius 1 is 1.07 bits per heavy atom. The van der Waals surface area contributed by atoms with Crippen molar-refractivity contribution in [1.29, 1.82) is 0 Å². The zero-order valence-electron chi connectivity index (χ0n) is 15.1. The van der Waals surface area contributed by atoms with E-state index in [2.05, 4.69) is 4.90 Å². The molecule has 0 spiro atoms. The number of benzene rings is 2. The van der Waals surface area contributed by atoms with Crippen LogP contribution in [0.4, 0.5) is 4.39 Å². The molecule has 142 valence electrons. The molecule has 1 saturated heterocycles. The number of ether oxygens (including phenoxy) is 3. The van der Waals surface area contributed by atoms with Crippen LogP contribution in [0.3, 0.4) is 0 Å². The molecule has 0 N–H and O–H groups in total. The number of piperazine rings is 1. The molecule has 2 aromatic rings. The van der Waals surface area contributed by atoms with Crippen molar-refractivity contribution in [1.82, 2.24) is 9.80 Å². The molecule has 0 bridgehead atoms. The molecule has 1 fully saturated rings. The van der Waals surface area contributed by atoms with Crippen LogP contribution in [0.15, 0.2) is 36.4 Å². The Morgan fingerprint density at radius 2 is 1.85 bits per heavy atom. The summed E-state index contributed by atoms with van der Waals surface area (Å²) in [6.45, 7) is 3.80. The first-order chi connectivity index (χ1) is 13.1. The Balaban J connectivity index is 1.34. The van der Waals surface area contributed by atoms with E-state index >= 15 is 0 Å². The van der Waals surface area contributed by atoms with E-state index in [-0.39, 0.29) is 18.4 Å². The molecule has 7 heteroatoms. The first kappa shape index (κ1) is 17.6. The van der Waals surface area contributed by atoms with Gasteiger partial charge in [0, 0.05) is 38.3 Å². The second-order valence-electron chi connectivity index (χ2n) is 6.61. The Morgan fingerprint density at radius 3 is 2.59 bits per heavy atom. The lowest BCUT2D eigenvalue weighted by Gasteiger charge is -2.34. The summed E-state index contributed by atoms with van der Waals surface area (Å²) in [6.07, 6.45) is 0. The van der Waals surface area contributed by atoms with Crippen LogP contribution in [-0.2, 0) is 6.54 Å². The molecule has 2 aromatic carbocycles. The molecule has 4 rings (SSSR count). The van der Waals surface area contributed by atoms with Crippen molar-refractivity contribution >= 4 is 5.91 Å². The molecule has 0 unspecified atom stereocenters. The van der Waals surface area contributed by atoms with Crippen LogP contribution in [0.2, 0.25) is 0 Å². The summed E-state index contributed by atoms with van der Waals surface area (Å²) in [5, 5.41) is 0. The van der Waals surface area contributed by atoms with Gasteiger partial charge in [-0.05, 0) is 35.9 Å². The minimum Gasteiger partial charge on any atom is -0.494 e. The number of halogens is 1. The standard InChI is InChI=1S/C20H21FN2O4/c1-25-17-5-3-15(11-16(17)21)20(24)23-8-6-22(7-9-23)12-14-2-4-18-19(10-14)27-13-26-18/h2-5,10-11H,6-9,12-13H2,1H3. The van der Waals surface area contributed by atoms with E-state index in [0.29, 0.717) is 18.7 Å². The minimum absolute atomic E-state index is 0.139. The maximum Gasteiger partial charge on any atom is 0.254 e. The zero-order chi connectivity index (χ0) is 18.8. The lowest BCUT2D eigenvalue weighted by Crippen LogP contribution is -2.48. The third-order valence-corrected chi connectivity index (χ3v) is 4.90. The summed E-state index contributed by atoms with van der Waals surface area (Å²) in [6, 6.07) is 10.3. The van der Waals surface area contributed by atoms with E-state index < -0.39 is 5.82 Å². The van der Waals surface area contributed by atoms with Gasteiger partial charge in [0.2, 0.25) is 6.79 Å². The van der Waals surface area contributed by atoms with Crippen molar-refractivity contribution in [2.24, 2.45) is 0 Å². The van der Waals surface area contributed by atoms with Gasteiger partial charge in [-0.2, -0.15) is 0 Å². The van der Waals surface area contributed by atoms with Gasteiger partial charge < -0.3 is 19.1 Å². The number of hydrogen-bond donors (Lipinski definition) is 0. The number of rotatable bonds is 4. The molecular weight excluding hydrogens is 351 g/mol. The normalized spacial score (nSPS) is 16.4. The quantitative estimate of drug-likeness (QED) is 0.826. The number of hydrogen-bond acceptors (Lipinski definition) is 5. The van der Waals surface area contributed by atoms with Gasteiger partial charge in [0.05, 0.1) is 7.11 Å². The number of methoxy groups -OCH3 is 1. The molecule has 0 aromatic heterocycles. The van der Waals surface area contributed by atoms with Gasteiger partial charge in [0.15, 0.2) is 23.1 Å². The monoisotopic (exact) mass is 372 g/mol. The SMILES string of the molecule is COc1ccc(C(=O)N2CCN(Cc3ccc4c(c3)OCO4)CC2)cc1F. The van der Waals surface area contributed by atoms with Crippen molar-refractivity contribution in [3.63, 3.8) is 0 Å². The Kier molecular flexibility index (Phi) is 4.85. The first-order valence-corrected chi connectivity index (χ1v) is 8.88. The maximum absolute atomic E-state index is 13.9. The molecule has 2 aliphatic rings. The highest BCUT2D eigenvalue weighted by molar-refractivity contribution is 5.94. The Bertz CT molecular complexity index is 850. The summed E-state index contributed by atoms with van der Waals surface area (Å²) in [5.41, 5.74) is 1.49. The van der Waals surface area contributed by atoms with Crippen LogP contribution in [0, 0.1) is 5.82 Å². The molecule has 2 heterocycles. The number of amides is 1. The van der Waals surface area contributed by atoms with Gasteiger partial charge in [0.1, 0.15) is 0 Å². The summed E-state index contributed by atoms with van der Waals surface area (Å²) >= 11 is 0. The van der Waals surface area contributed by atoms with Crippen LogP contribution < -0.4 is 14.2 Å². The predicted molar refractivity (Wildman–Crippen MR) is 96.7 cm³/mol. The molecule has 6 nitrogen and oxygen atoms in total. The van der Waals surface area contributed by atoms with Gasteiger partial charge >= 0.3 is 0 Å². The van der Waals surface area contributed by atoms with Crippen LogP contribution >= 0.6 is 0 Å². The fourth-order valence-electron chi connectivity index (χ4n) is 3.39. The summed E-state index contributed by atoms with van der Waals surface area (Å²) in [5.74, 6) is 1.02. The lowest BCUT2D eigenvalue weighted by molar-refractivity contribution is 0.0628. The number of nitrogens with zero attached hydrogens (tertiary/aromatic N) is 2. The van der Waals surface area contributed by atoms with Crippen LogP contribution in [0.1, 0.15) is 15.9 Å². The number of carbonyl (C=O) groups is 1. The van der Waals surface area contributed by atoms with E-state index in [1.54, 1.807) is 11.0 Å². The Labute approximate surface area is 157 Å². The topological polar surface area (TPSA) is 51.2 Å². The molecular formula is C20H21FN2O4. The molecule has 1 amide bonds. The summed E-state index contributed by atoms with van der Waals surface area (Å²) in [7, 11) is 1.40. The maximum atomic E-state index is 13.9. The minimum atomic E-state index is -0.523. The molecule has 27 heavy (non-hydrogen) atoms. The van der Waals surface area contributed by atoms with E-state index in [9.17, 15) is 9.18 Å². The van der Waals surface area contributed by atoms with Crippen LogP contribution in [0.5, 0.6) is 17.2 Å². The average molecular weight is 372 g/mol. The van der Waals surface area contributed by atoms with E-state index in [4.69, 9.17) is 14.2 Å². The second-order valence-corrected chi connectivity index (χ2v) is 6.61. The largest absolute Gasteiger partial charge is 0.494 e. The summed E-state index contributed by atoms with van der Waals surface area (Å²) in [4.78, 5) is 16.7. The van der Waals surface area contributed by atoms with E-state index in [1.807, 2.05) is 18.2 Å². The highest BCUT2D eigenvalue weighted by Gasteiger charge is 2.23. The van der Waals surface area contributed by atoms with Gasteiger partial charge in [-0.3, -0.25) is 9.69 Å². The molecule has 0 radical (unpaired) electrons. The molecule has 2 aliphatic heterocycles. The number of fused-ring (bicyclic) bond motifs is 1. The predicted octanol–water partition coefficient (Wildman–Crippen LogP) is 2.52. The second kappa shape index (κ2) is 7.44. The third kappa shape index (κ3) is 3.68. The molecule has 0 saturated carbocycles. The smallest absolute Gasteiger partial charge is 0.254 e. The van der Waals surface area contributed by atoms with Gasteiger partial charge in [-0.25, -0.2) is 4.39 Å². The van der Waals surface area contributed by atoms with Crippen molar-refractivity contribution in [3.8, 4) is 17.2 Å². The van der Waals surface area contributed by atoms with Crippen LogP contribution in [-0.4, -0.2) is 55.8 Å². The zero-order valence-corrected chi connectivity index (χ0v) is 15.1. The van der Waals surface area contributed by atoms with Crippen molar-refractivity contribution in [3.05, 3.63) is 53.3 Å². The van der Waals surface area contributed by atoms with E-state index in [0.717, 1.165) is 36.7 Å². The third-order valence-electron chi connectivity index (χ3n) is 4.90. The lowest BCUT2D eigenvalue weighted by atomic mass is 10.1. The van der Waals surface area contributed by atoms with Gasteiger partial charge in [-0.15, -0.1) is 0 Å². The molecule has 0 atom stereocenters. The van der Waals surface area contributed by atoms with Crippen molar-refractivity contribution in [2.45, 2.75) is 6.54 Å². The van der Waals surface area contributed by atoms with Gasteiger partial charge in [0.25, 0.3) is 5.91 Å². The molecule has 0 aliphatic carbocycles. The van der Waals surface area contributed by atoms with Crippen LogP contribution in [0.25, 0.3) is 0 Å². The Hall–Kier alpha value is -2.80. The highest BCUT2D eigenvalue weighted by Crippen LogP contribution is 2.32. The fraction of sp³-hybridized carbons (Fsp3) is 0.350. The fourth-order valence-corrected chi connectivity index (χ4v) is 3.39. The van der Waals surface area contributed by atoms with Crippen molar-refractivity contribution in [2.75, 3.05) is 40.1 Å². The average Bonchev–Trinajstić information content (AvgIpc) is 3.16. The van der Waals surface area contributed by atoms with Gasteiger partial charge in [-0.1, -0.05) is 6.07 Å². The number of carbonyl (C=O) groups excluding carboxylic acids is 1. The highest BCUT2D eigenvalue weighted by atomic mass is 19.1.